The molecule has 0 atom stereocenters. The molecule has 0 aliphatic heterocycles. The molecule has 1 amide bonds. The highest BCUT2D eigenvalue weighted by atomic mass is 16.5. The van der Waals surface area contributed by atoms with Crippen LogP contribution >= 0.6 is 0 Å². The van der Waals surface area contributed by atoms with E-state index in [0.29, 0.717) is 18.7 Å². The van der Waals surface area contributed by atoms with Crippen LogP contribution in [0.3, 0.4) is 0 Å². The van der Waals surface area contributed by atoms with Gasteiger partial charge >= 0.3 is 5.97 Å². The van der Waals surface area contributed by atoms with Crippen molar-refractivity contribution in [3.8, 4) is 0 Å². The first-order valence-corrected chi connectivity index (χ1v) is 7.51. The second-order valence-electron chi connectivity index (χ2n) is 5.14. The maximum atomic E-state index is 12.6. The number of methoxy groups -OCH3 is 1. The van der Waals surface area contributed by atoms with Crippen LogP contribution < -0.4 is 0 Å². The Morgan fingerprint density at radius 1 is 1.14 bits per heavy atom. The highest BCUT2D eigenvalue weighted by Crippen LogP contribution is 2.12. The van der Waals surface area contributed by atoms with Gasteiger partial charge in [-0.2, -0.15) is 0 Å². The number of hydrogen-bond donors (Lipinski definition) is 0. The van der Waals surface area contributed by atoms with Crippen molar-refractivity contribution in [3.05, 3.63) is 35.4 Å². The Hall–Kier alpha value is -1.84. The van der Waals surface area contributed by atoms with Gasteiger partial charge in [0.05, 0.1) is 13.5 Å². The number of ether oxygens (including phenoxy) is 1. The third-order valence-electron chi connectivity index (χ3n) is 3.51. The van der Waals surface area contributed by atoms with Crippen LogP contribution in [0.2, 0.25) is 0 Å². The van der Waals surface area contributed by atoms with Gasteiger partial charge in [-0.25, -0.2) is 0 Å². The monoisotopic (exact) mass is 291 g/mol. The summed E-state index contributed by atoms with van der Waals surface area (Å²) in [6.45, 7) is 5.14. The second-order valence-corrected chi connectivity index (χ2v) is 5.14. The number of carbonyl (C=O) groups excluding carboxylic acids is 2. The van der Waals surface area contributed by atoms with E-state index in [1.165, 1.54) is 7.11 Å². The Balaban J connectivity index is 2.76. The summed E-state index contributed by atoms with van der Waals surface area (Å²) in [4.78, 5) is 25.7. The number of esters is 1. The predicted molar refractivity (Wildman–Crippen MR) is 83.2 cm³/mol. The number of benzene rings is 1. The molecule has 0 fully saturated rings. The molecule has 0 aliphatic carbocycles. The first-order valence-electron chi connectivity index (χ1n) is 7.51. The summed E-state index contributed by atoms with van der Waals surface area (Å²) >= 11 is 0. The summed E-state index contributed by atoms with van der Waals surface area (Å²) in [5.74, 6) is -0.291. The van der Waals surface area contributed by atoms with E-state index in [1.807, 2.05) is 31.2 Å². The lowest BCUT2D eigenvalue weighted by atomic mass is 10.1. The molecule has 0 saturated carbocycles. The largest absolute Gasteiger partial charge is 0.469 e. The lowest BCUT2D eigenvalue weighted by Crippen LogP contribution is -2.34. The van der Waals surface area contributed by atoms with E-state index < -0.39 is 0 Å². The number of nitrogens with zero attached hydrogens (tertiary/aromatic N) is 1. The third-order valence-corrected chi connectivity index (χ3v) is 3.51. The summed E-state index contributed by atoms with van der Waals surface area (Å²) < 4.78 is 4.66. The maximum Gasteiger partial charge on any atom is 0.307 e. The van der Waals surface area contributed by atoms with Crippen molar-refractivity contribution in [2.45, 2.75) is 39.5 Å². The number of hydrogen-bond acceptors (Lipinski definition) is 3. The normalized spacial score (nSPS) is 10.2. The molecule has 0 heterocycles. The van der Waals surface area contributed by atoms with Gasteiger partial charge in [-0.1, -0.05) is 38.0 Å². The quantitative estimate of drug-likeness (QED) is 0.546. The molecule has 4 heteroatoms. The van der Waals surface area contributed by atoms with Crippen molar-refractivity contribution in [1.82, 2.24) is 4.90 Å². The van der Waals surface area contributed by atoms with E-state index in [2.05, 4.69) is 11.7 Å². The topological polar surface area (TPSA) is 46.6 Å². The van der Waals surface area contributed by atoms with E-state index in [1.54, 1.807) is 4.90 Å². The minimum absolute atomic E-state index is 0.00638. The Morgan fingerprint density at radius 2 is 1.86 bits per heavy atom. The lowest BCUT2D eigenvalue weighted by Gasteiger charge is -2.23. The van der Waals surface area contributed by atoms with Crippen molar-refractivity contribution in [3.63, 3.8) is 0 Å². The molecule has 0 spiro atoms. The Labute approximate surface area is 127 Å². The van der Waals surface area contributed by atoms with Crippen LogP contribution in [0.25, 0.3) is 0 Å². The van der Waals surface area contributed by atoms with Gasteiger partial charge < -0.3 is 9.64 Å². The average molecular weight is 291 g/mol. The molecule has 0 unspecified atom stereocenters. The zero-order valence-corrected chi connectivity index (χ0v) is 13.2. The summed E-state index contributed by atoms with van der Waals surface area (Å²) in [7, 11) is 1.37. The summed E-state index contributed by atoms with van der Waals surface area (Å²) in [5.41, 5.74) is 1.67. The molecule has 0 bridgehead atoms. The molecular weight excluding hydrogens is 266 g/mol. The molecule has 1 rings (SSSR count). The number of unbranched alkanes of at least 4 members (excludes halogenated alkanes) is 2. The Morgan fingerprint density at radius 3 is 2.48 bits per heavy atom. The zero-order valence-electron chi connectivity index (χ0n) is 13.2. The third kappa shape index (κ3) is 5.58. The average Bonchev–Trinajstić information content (AvgIpc) is 2.50. The van der Waals surface area contributed by atoms with Gasteiger partial charge in [0.2, 0.25) is 0 Å². The van der Waals surface area contributed by atoms with Gasteiger partial charge in [0.25, 0.3) is 5.91 Å². The van der Waals surface area contributed by atoms with Crippen molar-refractivity contribution >= 4 is 11.9 Å². The van der Waals surface area contributed by atoms with Crippen LogP contribution in [0.4, 0.5) is 0 Å². The molecule has 0 aromatic heterocycles. The fourth-order valence-electron chi connectivity index (χ4n) is 2.18. The Bertz CT molecular complexity index is 471. The smallest absolute Gasteiger partial charge is 0.307 e. The fourth-order valence-corrected chi connectivity index (χ4v) is 2.18. The fraction of sp³-hybridized carbons (Fsp3) is 0.529. The van der Waals surface area contributed by atoms with Crippen LogP contribution in [0, 0.1) is 6.92 Å². The maximum absolute atomic E-state index is 12.6. The first-order chi connectivity index (χ1) is 10.1. The van der Waals surface area contributed by atoms with Gasteiger partial charge in [0, 0.05) is 18.7 Å². The van der Waals surface area contributed by atoms with E-state index in [9.17, 15) is 9.59 Å². The van der Waals surface area contributed by atoms with E-state index >= 15 is 0 Å². The molecule has 1 aromatic rings. The SMILES string of the molecule is CCCCCN(CCC(=O)OC)C(=O)c1ccccc1C. The predicted octanol–water partition coefficient (Wildman–Crippen LogP) is 3.19. The summed E-state index contributed by atoms with van der Waals surface area (Å²) in [6, 6.07) is 7.55. The van der Waals surface area contributed by atoms with Crippen molar-refractivity contribution < 1.29 is 14.3 Å². The van der Waals surface area contributed by atoms with Crippen molar-refractivity contribution in [2.75, 3.05) is 20.2 Å². The molecule has 0 aliphatic rings. The van der Waals surface area contributed by atoms with Crippen LogP contribution in [0.5, 0.6) is 0 Å². The van der Waals surface area contributed by atoms with Gasteiger partial charge in [0.1, 0.15) is 0 Å². The molecule has 21 heavy (non-hydrogen) atoms. The zero-order chi connectivity index (χ0) is 15.7. The number of rotatable bonds is 8. The highest BCUT2D eigenvalue weighted by molar-refractivity contribution is 5.95. The van der Waals surface area contributed by atoms with Gasteiger partial charge in [-0.05, 0) is 25.0 Å². The molecule has 4 nitrogen and oxygen atoms in total. The van der Waals surface area contributed by atoms with E-state index in [0.717, 1.165) is 24.8 Å². The molecule has 0 N–H and O–H groups in total. The molecule has 116 valence electrons. The number of aryl methyl sites for hydroxylation is 1. The number of amides is 1. The minimum atomic E-state index is -0.284. The standard InChI is InChI=1S/C17H25NO3/c1-4-5-8-12-18(13-11-16(19)21-3)17(20)15-10-7-6-9-14(15)2/h6-7,9-10H,4-5,8,11-13H2,1-3H3. The van der Waals surface area contributed by atoms with Gasteiger partial charge in [-0.15, -0.1) is 0 Å². The van der Waals surface area contributed by atoms with E-state index in [4.69, 9.17) is 0 Å². The van der Waals surface area contributed by atoms with Crippen LogP contribution in [0.15, 0.2) is 24.3 Å². The van der Waals surface area contributed by atoms with Crippen LogP contribution in [-0.2, 0) is 9.53 Å². The van der Waals surface area contributed by atoms with E-state index in [-0.39, 0.29) is 18.3 Å². The lowest BCUT2D eigenvalue weighted by molar-refractivity contribution is -0.140. The highest BCUT2D eigenvalue weighted by Gasteiger charge is 2.18. The summed E-state index contributed by atoms with van der Waals surface area (Å²) in [6.07, 6.45) is 3.37. The molecule has 1 aromatic carbocycles. The number of carbonyl (C=O) groups is 2. The van der Waals surface area contributed by atoms with Gasteiger partial charge in [0.15, 0.2) is 0 Å². The molecule has 0 radical (unpaired) electrons. The molecular formula is C17H25NO3. The van der Waals surface area contributed by atoms with Crippen LogP contribution in [-0.4, -0.2) is 37.0 Å². The van der Waals surface area contributed by atoms with Crippen molar-refractivity contribution in [2.24, 2.45) is 0 Å². The molecule has 0 saturated heterocycles. The van der Waals surface area contributed by atoms with Crippen molar-refractivity contribution in [1.29, 1.82) is 0 Å². The van der Waals surface area contributed by atoms with Crippen LogP contribution in [0.1, 0.15) is 48.5 Å². The minimum Gasteiger partial charge on any atom is -0.469 e. The Kier molecular flexibility index (Phi) is 7.51. The van der Waals surface area contributed by atoms with Gasteiger partial charge in [-0.3, -0.25) is 9.59 Å². The second kappa shape index (κ2) is 9.16. The summed E-state index contributed by atoms with van der Waals surface area (Å²) in [5, 5.41) is 0. The first kappa shape index (κ1) is 17.2.